The molecule has 1 aliphatic rings. The van der Waals surface area contributed by atoms with Crippen molar-refractivity contribution in [3.8, 4) is 5.75 Å². The number of anilines is 1. The number of urea groups is 1. The molecule has 2 aromatic rings. The number of amides is 2. The second kappa shape index (κ2) is 6.74. The lowest BCUT2D eigenvalue weighted by Crippen LogP contribution is -2.41. The quantitative estimate of drug-likeness (QED) is 0.818. The monoisotopic (exact) mass is 402 g/mol. The fourth-order valence-corrected chi connectivity index (χ4v) is 4.12. The molecule has 0 spiro atoms. The van der Waals surface area contributed by atoms with Crippen LogP contribution in [0.4, 0.5) is 23.7 Å². The number of ether oxygens (including phenoxy) is 1. The molecule has 2 amide bonds. The van der Waals surface area contributed by atoms with Gasteiger partial charge in [-0.15, -0.1) is 13.2 Å². The van der Waals surface area contributed by atoms with Crippen LogP contribution in [0.1, 0.15) is 0 Å². The van der Waals surface area contributed by atoms with Crippen molar-refractivity contribution in [1.82, 2.24) is 5.32 Å². The van der Waals surface area contributed by atoms with Crippen molar-refractivity contribution in [2.75, 3.05) is 4.90 Å². The van der Waals surface area contributed by atoms with Crippen molar-refractivity contribution in [3.63, 3.8) is 0 Å². The topological polar surface area (TPSA) is 95.9 Å². The van der Waals surface area contributed by atoms with Crippen LogP contribution < -0.4 is 15.0 Å². The predicted octanol–water partition coefficient (Wildman–Crippen LogP) is 2.23. The molecule has 144 valence electrons. The highest BCUT2D eigenvalue weighted by Gasteiger charge is 2.47. The average molecular weight is 402 g/mol. The molecule has 0 aliphatic carbocycles. The van der Waals surface area contributed by atoms with Gasteiger partial charge in [0.2, 0.25) is 9.84 Å². The molecule has 0 unspecified atom stereocenters. The van der Waals surface area contributed by atoms with Crippen molar-refractivity contribution < 1.29 is 36.2 Å². The summed E-state index contributed by atoms with van der Waals surface area (Å²) in [7, 11) is -4.09. The number of benzene rings is 2. The lowest BCUT2D eigenvalue weighted by molar-refractivity contribution is -0.274. The zero-order valence-corrected chi connectivity index (χ0v) is 14.2. The van der Waals surface area contributed by atoms with E-state index < -0.39 is 39.6 Å². The molecule has 0 aromatic heterocycles. The first-order valence-electron chi connectivity index (χ1n) is 7.52. The minimum absolute atomic E-state index is 0.000265. The summed E-state index contributed by atoms with van der Waals surface area (Å²) in [6, 6.07) is 10.4. The molecule has 1 saturated heterocycles. The number of aliphatic hydroxyl groups excluding tert-OH is 1. The third kappa shape index (κ3) is 3.83. The summed E-state index contributed by atoms with van der Waals surface area (Å²) in [6.45, 7) is 0. The van der Waals surface area contributed by atoms with E-state index in [4.69, 9.17) is 0 Å². The number of rotatable bonds is 4. The standard InChI is InChI=1S/C16H13F3N2O5S/c17-16(18,19)26-11-8-6-10(7-9-11)21-14(22)13(20-15(21)23)27(24,25)12-4-2-1-3-5-12/h1-9,13-14,22H,(H,20,23)/t13-,14-/m1/s1. The van der Waals surface area contributed by atoms with E-state index in [1.54, 1.807) is 6.07 Å². The van der Waals surface area contributed by atoms with Crippen LogP contribution in [-0.2, 0) is 9.84 Å². The van der Waals surface area contributed by atoms with Crippen molar-refractivity contribution in [3.05, 3.63) is 54.6 Å². The van der Waals surface area contributed by atoms with Crippen LogP contribution in [0, 0.1) is 0 Å². The van der Waals surface area contributed by atoms with E-state index in [-0.39, 0.29) is 10.6 Å². The van der Waals surface area contributed by atoms with Gasteiger partial charge in [0.25, 0.3) is 0 Å². The fourth-order valence-electron chi connectivity index (χ4n) is 2.59. The van der Waals surface area contributed by atoms with Gasteiger partial charge in [-0.2, -0.15) is 0 Å². The van der Waals surface area contributed by atoms with Gasteiger partial charge in [-0.05, 0) is 36.4 Å². The van der Waals surface area contributed by atoms with Gasteiger partial charge in [0.15, 0.2) is 11.6 Å². The van der Waals surface area contributed by atoms with Gasteiger partial charge in [0.1, 0.15) is 5.75 Å². The van der Waals surface area contributed by atoms with Crippen molar-refractivity contribution in [2.24, 2.45) is 0 Å². The Balaban J connectivity index is 1.85. The van der Waals surface area contributed by atoms with Crippen LogP contribution in [0.3, 0.4) is 0 Å². The zero-order chi connectivity index (χ0) is 19.8. The summed E-state index contributed by atoms with van der Waals surface area (Å²) in [6.07, 6.45) is -6.65. The number of halogens is 3. The van der Waals surface area contributed by atoms with Crippen molar-refractivity contribution in [1.29, 1.82) is 0 Å². The molecule has 11 heteroatoms. The van der Waals surface area contributed by atoms with Crippen LogP contribution in [-0.4, -0.2) is 37.5 Å². The first-order valence-corrected chi connectivity index (χ1v) is 9.07. The molecular weight excluding hydrogens is 389 g/mol. The number of alkyl halides is 3. The second-order valence-corrected chi connectivity index (χ2v) is 7.62. The molecule has 3 rings (SSSR count). The Morgan fingerprint density at radius 2 is 1.63 bits per heavy atom. The Hall–Kier alpha value is -2.79. The third-order valence-corrected chi connectivity index (χ3v) is 5.73. The first kappa shape index (κ1) is 19.0. The number of carbonyl (C=O) groups excluding carboxylic acids is 1. The first-order chi connectivity index (χ1) is 12.6. The van der Waals surface area contributed by atoms with E-state index in [9.17, 15) is 31.5 Å². The molecule has 0 radical (unpaired) electrons. The largest absolute Gasteiger partial charge is 0.573 e. The Bertz CT molecular complexity index is 933. The Kier molecular flexibility index (Phi) is 4.74. The molecule has 1 heterocycles. The summed E-state index contributed by atoms with van der Waals surface area (Å²) in [5.41, 5.74) is 0.000265. The van der Waals surface area contributed by atoms with Crippen molar-refractivity contribution >= 4 is 21.6 Å². The summed E-state index contributed by atoms with van der Waals surface area (Å²) >= 11 is 0. The molecule has 0 bridgehead atoms. The SMILES string of the molecule is O=C1N[C@H](S(=O)(=O)c2ccccc2)[C@@H](O)N1c1ccc(OC(F)(F)F)cc1. The lowest BCUT2D eigenvalue weighted by atomic mass is 10.3. The number of nitrogens with one attached hydrogen (secondary N) is 1. The molecule has 7 nitrogen and oxygen atoms in total. The van der Waals surface area contributed by atoms with Gasteiger partial charge in [-0.3, -0.25) is 4.90 Å². The fraction of sp³-hybridized carbons (Fsp3) is 0.188. The number of carbonyl (C=O) groups is 1. The smallest absolute Gasteiger partial charge is 0.406 e. The maximum Gasteiger partial charge on any atom is 0.573 e. The predicted molar refractivity (Wildman–Crippen MR) is 87.6 cm³/mol. The second-order valence-electron chi connectivity index (χ2n) is 5.55. The van der Waals surface area contributed by atoms with Gasteiger partial charge in [-0.25, -0.2) is 13.2 Å². The summed E-state index contributed by atoms with van der Waals surface area (Å²) < 4.78 is 65.6. The van der Waals surface area contributed by atoms with E-state index in [0.717, 1.165) is 29.2 Å². The van der Waals surface area contributed by atoms with E-state index in [0.29, 0.717) is 0 Å². The molecule has 2 N–H and O–H groups in total. The summed E-state index contributed by atoms with van der Waals surface area (Å²) in [4.78, 5) is 12.8. The van der Waals surface area contributed by atoms with E-state index in [1.165, 1.54) is 24.3 Å². The number of hydrogen-bond donors (Lipinski definition) is 2. The highest BCUT2D eigenvalue weighted by molar-refractivity contribution is 7.92. The number of aliphatic hydroxyl groups is 1. The van der Waals surface area contributed by atoms with Crippen molar-refractivity contribution in [2.45, 2.75) is 22.9 Å². The van der Waals surface area contributed by atoms with Crippen LogP contribution in [0.15, 0.2) is 59.5 Å². The van der Waals surface area contributed by atoms with Crippen LogP contribution in [0.2, 0.25) is 0 Å². The molecule has 27 heavy (non-hydrogen) atoms. The Labute approximate surface area is 151 Å². The summed E-state index contributed by atoms with van der Waals surface area (Å²) in [5.74, 6) is -0.520. The molecule has 1 aliphatic heterocycles. The highest BCUT2D eigenvalue weighted by Crippen LogP contribution is 2.30. The number of sulfone groups is 1. The highest BCUT2D eigenvalue weighted by atomic mass is 32.2. The summed E-state index contributed by atoms with van der Waals surface area (Å²) in [5, 5.41) is 10.9. The number of hydrogen-bond acceptors (Lipinski definition) is 5. The lowest BCUT2D eigenvalue weighted by Gasteiger charge is -2.22. The molecular formula is C16H13F3N2O5S. The van der Waals surface area contributed by atoms with Gasteiger partial charge in [0.05, 0.1) is 4.90 Å². The van der Waals surface area contributed by atoms with E-state index >= 15 is 0 Å². The van der Waals surface area contributed by atoms with E-state index in [1.807, 2.05) is 0 Å². The third-order valence-electron chi connectivity index (χ3n) is 3.77. The van der Waals surface area contributed by atoms with Crippen LogP contribution in [0.5, 0.6) is 5.75 Å². The maximum atomic E-state index is 12.6. The van der Waals surface area contributed by atoms with Gasteiger partial charge >= 0.3 is 12.4 Å². The van der Waals surface area contributed by atoms with Crippen LogP contribution >= 0.6 is 0 Å². The van der Waals surface area contributed by atoms with Gasteiger partial charge in [-0.1, -0.05) is 18.2 Å². The Morgan fingerprint density at radius 3 is 2.19 bits per heavy atom. The molecule has 2 atom stereocenters. The average Bonchev–Trinajstić information content (AvgIpc) is 2.90. The molecule has 2 aromatic carbocycles. The minimum atomic E-state index is -4.87. The molecule has 0 saturated carbocycles. The normalized spacial score (nSPS) is 20.4. The van der Waals surface area contributed by atoms with Gasteiger partial charge in [0, 0.05) is 5.69 Å². The molecule has 1 fully saturated rings. The Morgan fingerprint density at radius 1 is 1.04 bits per heavy atom. The maximum absolute atomic E-state index is 12.6. The minimum Gasteiger partial charge on any atom is -0.406 e. The van der Waals surface area contributed by atoms with Crippen LogP contribution in [0.25, 0.3) is 0 Å². The van der Waals surface area contributed by atoms with E-state index in [2.05, 4.69) is 10.1 Å². The van der Waals surface area contributed by atoms with Gasteiger partial charge < -0.3 is 15.2 Å². The zero-order valence-electron chi connectivity index (χ0n) is 13.4. The number of nitrogens with zero attached hydrogens (tertiary/aromatic N) is 1.